The summed E-state index contributed by atoms with van der Waals surface area (Å²) in [5.41, 5.74) is 2.66. The van der Waals surface area contributed by atoms with E-state index in [-0.39, 0.29) is 24.2 Å². The molecule has 2 aliphatic rings. The van der Waals surface area contributed by atoms with Crippen LogP contribution >= 0.6 is 0 Å². The first-order valence-electron chi connectivity index (χ1n) is 10.8. The molecule has 1 N–H and O–H groups in total. The SMILES string of the molecule is Cc1noc(C)c1COc1cc(=O)n2c(c1C(=O)NC[C@@H]1CCCO1)CCCCC2. The monoisotopic (exact) mass is 415 g/mol. The zero-order chi connectivity index (χ0) is 21.1. The van der Waals surface area contributed by atoms with Crippen LogP contribution in [0.5, 0.6) is 5.75 Å². The summed E-state index contributed by atoms with van der Waals surface area (Å²) in [4.78, 5) is 26.0. The number of carbonyl (C=O) groups excluding carboxylic acids is 1. The summed E-state index contributed by atoms with van der Waals surface area (Å²) in [6.45, 7) is 5.68. The van der Waals surface area contributed by atoms with Crippen LogP contribution in [-0.2, 0) is 24.3 Å². The third-order valence-corrected chi connectivity index (χ3v) is 5.97. The second-order valence-corrected chi connectivity index (χ2v) is 8.07. The summed E-state index contributed by atoms with van der Waals surface area (Å²) in [5.74, 6) is 0.770. The summed E-state index contributed by atoms with van der Waals surface area (Å²) < 4.78 is 18.6. The van der Waals surface area contributed by atoms with Gasteiger partial charge in [-0.15, -0.1) is 0 Å². The predicted octanol–water partition coefficient (Wildman–Crippen LogP) is 2.67. The van der Waals surface area contributed by atoms with Gasteiger partial charge in [0, 0.05) is 31.5 Å². The lowest BCUT2D eigenvalue weighted by molar-refractivity contribution is 0.0852. The number of carbonyl (C=O) groups is 1. The first-order chi connectivity index (χ1) is 14.5. The van der Waals surface area contributed by atoms with E-state index in [1.54, 1.807) is 4.57 Å². The van der Waals surface area contributed by atoms with Crippen molar-refractivity contribution in [1.82, 2.24) is 15.0 Å². The third kappa shape index (κ3) is 4.28. The Bertz CT molecular complexity index is 952. The topological polar surface area (TPSA) is 95.6 Å². The van der Waals surface area contributed by atoms with E-state index >= 15 is 0 Å². The van der Waals surface area contributed by atoms with Crippen molar-refractivity contribution in [2.45, 2.75) is 71.6 Å². The van der Waals surface area contributed by atoms with E-state index < -0.39 is 0 Å². The molecule has 0 aliphatic carbocycles. The highest BCUT2D eigenvalue weighted by Gasteiger charge is 2.25. The molecule has 2 aromatic rings. The molecule has 1 amide bonds. The van der Waals surface area contributed by atoms with Crippen LogP contribution in [0.15, 0.2) is 15.4 Å². The van der Waals surface area contributed by atoms with Gasteiger partial charge in [-0.25, -0.2) is 0 Å². The Morgan fingerprint density at radius 3 is 2.90 bits per heavy atom. The number of hydrogen-bond acceptors (Lipinski definition) is 6. The normalized spacial score (nSPS) is 18.7. The quantitative estimate of drug-likeness (QED) is 0.779. The zero-order valence-electron chi connectivity index (χ0n) is 17.7. The number of aryl methyl sites for hydroxylation is 2. The van der Waals surface area contributed by atoms with Crippen molar-refractivity contribution in [3.63, 3.8) is 0 Å². The molecule has 30 heavy (non-hydrogen) atoms. The standard InChI is InChI=1S/C22H29N3O5/c1-14-17(15(2)30-24-14)13-29-19-11-20(26)25-9-5-3-4-8-18(25)21(19)22(27)23-12-16-7-6-10-28-16/h11,16H,3-10,12-13H2,1-2H3,(H,23,27)/t16-/m0/s1. The Morgan fingerprint density at radius 2 is 2.17 bits per heavy atom. The fourth-order valence-corrected chi connectivity index (χ4v) is 4.23. The smallest absolute Gasteiger partial charge is 0.256 e. The van der Waals surface area contributed by atoms with Gasteiger partial charge in [0.1, 0.15) is 23.7 Å². The van der Waals surface area contributed by atoms with Gasteiger partial charge in [0.25, 0.3) is 11.5 Å². The molecule has 1 saturated heterocycles. The van der Waals surface area contributed by atoms with Crippen molar-refractivity contribution in [2.24, 2.45) is 0 Å². The lowest BCUT2D eigenvalue weighted by atomic mass is 10.1. The number of pyridine rings is 1. The molecular weight excluding hydrogens is 386 g/mol. The first kappa shape index (κ1) is 20.7. The molecule has 2 aromatic heterocycles. The minimum absolute atomic E-state index is 0.0469. The molecule has 162 valence electrons. The summed E-state index contributed by atoms with van der Waals surface area (Å²) in [7, 11) is 0. The molecule has 1 fully saturated rings. The van der Waals surface area contributed by atoms with E-state index in [1.165, 1.54) is 6.07 Å². The molecule has 8 heteroatoms. The summed E-state index contributed by atoms with van der Waals surface area (Å²) in [5, 5.41) is 6.94. The van der Waals surface area contributed by atoms with Gasteiger partial charge in [-0.2, -0.15) is 0 Å². The lowest BCUT2D eigenvalue weighted by Gasteiger charge is -2.19. The highest BCUT2D eigenvalue weighted by atomic mass is 16.5. The van der Waals surface area contributed by atoms with Crippen molar-refractivity contribution < 1.29 is 18.8 Å². The van der Waals surface area contributed by atoms with Gasteiger partial charge in [0.05, 0.1) is 17.4 Å². The van der Waals surface area contributed by atoms with Gasteiger partial charge >= 0.3 is 0 Å². The number of aromatic nitrogens is 2. The fraction of sp³-hybridized carbons (Fsp3) is 0.591. The Kier molecular flexibility index (Phi) is 6.22. The maximum atomic E-state index is 13.2. The van der Waals surface area contributed by atoms with Crippen LogP contribution in [0.25, 0.3) is 0 Å². The Labute approximate surface area is 175 Å². The first-order valence-corrected chi connectivity index (χ1v) is 10.8. The summed E-state index contributed by atoms with van der Waals surface area (Å²) >= 11 is 0. The van der Waals surface area contributed by atoms with E-state index in [4.69, 9.17) is 14.0 Å². The molecule has 0 bridgehead atoms. The van der Waals surface area contributed by atoms with E-state index in [0.717, 1.165) is 55.7 Å². The van der Waals surface area contributed by atoms with Gasteiger partial charge in [0.2, 0.25) is 0 Å². The highest BCUT2D eigenvalue weighted by molar-refractivity contribution is 5.98. The van der Waals surface area contributed by atoms with E-state index in [0.29, 0.717) is 36.6 Å². The van der Waals surface area contributed by atoms with Crippen LogP contribution in [0.2, 0.25) is 0 Å². The van der Waals surface area contributed by atoms with Crippen LogP contribution < -0.4 is 15.6 Å². The minimum Gasteiger partial charge on any atom is -0.488 e. The molecule has 0 aromatic carbocycles. The molecule has 2 aliphatic heterocycles. The van der Waals surface area contributed by atoms with Gasteiger partial charge in [-0.1, -0.05) is 11.6 Å². The van der Waals surface area contributed by atoms with Crippen molar-refractivity contribution in [3.05, 3.63) is 44.7 Å². The Hall–Kier alpha value is -2.61. The second kappa shape index (κ2) is 9.04. The van der Waals surface area contributed by atoms with Gasteiger partial charge in [-0.3, -0.25) is 9.59 Å². The zero-order valence-corrected chi connectivity index (χ0v) is 17.7. The van der Waals surface area contributed by atoms with Crippen molar-refractivity contribution in [1.29, 1.82) is 0 Å². The van der Waals surface area contributed by atoms with E-state index in [2.05, 4.69) is 10.5 Å². The number of ether oxygens (including phenoxy) is 2. The molecule has 0 spiro atoms. The molecule has 0 radical (unpaired) electrons. The predicted molar refractivity (Wildman–Crippen MR) is 110 cm³/mol. The second-order valence-electron chi connectivity index (χ2n) is 8.07. The number of nitrogens with one attached hydrogen (secondary N) is 1. The van der Waals surface area contributed by atoms with Gasteiger partial charge < -0.3 is 23.9 Å². The number of amides is 1. The maximum absolute atomic E-state index is 13.2. The third-order valence-electron chi connectivity index (χ3n) is 5.97. The average molecular weight is 415 g/mol. The minimum atomic E-state index is -0.218. The summed E-state index contributed by atoms with van der Waals surface area (Å²) in [6.07, 6.45) is 5.60. The van der Waals surface area contributed by atoms with E-state index in [1.807, 2.05) is 13.8 Å². The van der Waals surface area contributed by atoms with Crippen LogP contribution in [0.3, 0.4) is 0 Å². The maximum Gasteiger partial charge on any atom is 0.256 e. The van der Waals surface area contributed by atoms with Crippen molar-refractivity contribution in [2.75, 3.05) is 13.2 Å². The van der Waals surface area contributed by atoms with Crippen LogP contribution in [0, 0.1) is 13.8 Å². The lowest BCUT2D eigenvalue weighted by Crippen LogP contribution is -2.35. The fourth-order valence-electron chi connectivity index (χ4n) is 4.23. The Balaban J connectivity index is 1.65. The molecule has 0 saturated carbocycles. The molecule has 0 unspecified atom stereocenters. The van der Waals surface area contributed by atoms with Crippen molar-refractivity contribution in [3.8, 4) is 5.75 Å². The number of hydrogen-bond donors (Lipinski definition) is 1. The van der Waals surface area contributed by atoms with Crippen LogP contribution in [0.1, 0.15) is 65.2 Å². The number of rotatable bonds is 6. The molecule has 1 atom stereocenters. The Morgan fingerprint density at radius 1 is 1.30 bits per heavy atom. The number of fused-ring (bicyclic) bond motifs is 1. The van der Waals surface area contributed by atoms with Crippen LogP contribution in [0.4, 0.5) is 0 Å². The molecule has 4 rings (SSSR count). The molecular formula is C22H29N3O5. The van der Waals surface area contributed by atoms with Crippen LogP contribution in [-0.4, -0.2) is 34.9 Å². The summed E-state index contributed by atoms with van der Waals surface area (Å²) in [6, 6.07) is 1.44. The molecule has 4 heterocycles. The van der Waals surface area contributed by atoms with Gasteiger partial charge in [-0.05, 0) is 46.0 Å². The molecule has 8 nitrogen and oxygen atoms in total. The van der Waals surface area contributed by atoms with Crippen molar-refractivity contribution >= 4 is 5.91 Å². The largest absolute Gasteiger partial charge is 0.488 e. The average Bonchev–Trinajstić information content (AvgIpc) is 3.27. The van der Waals surface area contributed by atoms with E-state index in [9.17, 15) is 9.59 Å². The number of nitrogens with zero attached hydrogens (tertiary/aromatic N) is 2. The van der Waals surface area contributed by atoms with Gasteiger partial charge in [0.15, 0.2) is 0 Å². The highest BCUT2D eigenvalue weighted by Crippen LogP contribution is 2.26.